The van der Waals surface area contributed by atoms with Gasteiger partial charge in [-0.25, -0.2) is 4.79 Å². The molecule has 0 saturated carbocycles. The van der Waals surface area contributed by atoms with E-state index in [9.17, 15) is 9.59 Å². The van der Waals surface area contributed by atoms with Gasteiger partial charge in [0, 0.05) is 32.7 Å². The van der Waals surface area contributed by atoms with Crippen LogP contribution in [0.5, 0.6) is 0 Å². The van der Waals surface area contributed by atoms with Crippen LogP contribution in [-0.2, 0) is 11.2 Å². The lowest BCUT2D eigenvalue weighted by molar-refractivity contribution is -0.132. The van der Waals surface area contributed by atoms with E-state index in [-0.39, 0.29) is 11.9 Å². The van der Waals surface area contributed by atoms with Crippen LogP contribution in [0.4, 0.5) is 4.79 Å². The Hall–Kier alpha value is -1.92. The predicted molar refractivity (Wildman–Crippen MR) is 87.9 cm³/mol. The van der Waals surface area contributed by atoms with Gasteiger partial charge in [-0.1, -0.05) is 30.3 Å². The molecule has 3 N–H and O–H groups in total. The van der Waals surface area contributed by atoms with Gasteiger partial charge in [0.25, 0.3) is 5.91 Å². The fraction of sp³-hybridized carbons (Fsp3) is 0.529. The zero-order valence-electron chi connectivity index (χ0n) is 13.3. The third-order valence-corrected chi connectivity index (χ3v) is 4.87. The van der Waals surface area contributed by atoms with Crippen molar-refractivity contribution in [1.82, 2.24) is 15.1 Å². The van der Waals surface area contributed by atoms with Gasteiger partial charge in [-0.2, -0.15) is 0 Å². The van der Waals surface area contributed by atoms with E-state index in [0.717, 1.165) is 26.1 Å². The molecular formula is C17H24N4O2. The smallest absolute Gasteiger partial charge is 0.325 e. The van der Waals surface area contributed by atoms with Crippen LogP contribution >= 0.6 is 0 Å². The van der Waals surface area contributed by atoms with E-state index >= 15 is 0 Å². The first-order valence-electron chi connectivity index (χ1n) is 8.25. The van der Waals surface area contributed by atoms with Crippen molar-refractivity contribution < 1.29 is 9.59 Å². The van der Waals surface area contributed by atoms with Crippen molar-refractivity contribution in [2.24, 2.45) is 5.73 Å². The van der Waals surface area contributed by atoms with Gasteiger partial charge in [0.15, 0.2) is 0 Å². The number of amides is 3. The fourth-order valence-corrected chi connectivity index (χ4v) is 3.44. The third kappa shape index (κ3) is 3.23. The minimum absolute atomic E-state index is 0.101. The molecule has 1 aromatic rings. The van der Waals surface area contributed by atoms with E-state index in [2.05, 4.69) is 34.5 Å². The SMILES string of the molecule is NCCN1C(=O)NC2(CCN(CCc3ccccc3)CC2)C1=O. The zero-order chi connectivity index (χ0) is 16.3. The van der Waals surface area contributed by atoms with Crippen LogP contribution in [0.2, 0.25) is 0 Å². The van der Waals surface area contributed by atoms with Crippen molar-refractivity contribution in [1.29, 1.82) is 0 Å². The van der Waals surface area contributed by atoms with E-state index in [0.29, 0.717) is 25.9 Å². The van der Waals surface area contributed by atoms with Crippen molar-refractivity contribution in [2.45, 2.75) is 24.8 Å². The molecule has 0 aliphatic carbocycles. The van der Waals surface area contributed by atoms with Crippen molar-refractivity contribution in [3.05, 3.63) is 35.9 Å². The van der Waals surface area contributed by atoms with Crippen LogP contribution < -0.4 is 11.1 Å². The average molecular weight is 316 g/mol. The van der Waals surface area contributed by atoms with Gasteiger partial charge >= 0.3 is 6.03 Å². The molecule has 2 aliphatic rings. The van der Waals surface area contributed by atoms with Gasteiger partial charge in [0.1, 0.15) is 5.54 Å². The Kier molecular flexibility index (Phi) is 4.63. The number of carbonyl (C=O) groups excluding carboxylic acids is 2. The molecule has 0 unspecified atom stereocenters. The van der Waals surface area contributed by atoms with Gasteiger partial charge in [0.2, 0.25) is 0 Å². The lowest BCUT2D eigenvalue weighted by atomic mass is 9.87. The van der Waals surface area contributed by atoms with E-state index in [1.807, 2.05) is 6.07 Å². The van der Waals surface area contributed by atoms with E-state index in [1.54, 1.807) is 0 Å². The van der Waals surface area contributed by atoms with Crippen molar-refractivity contribution in [2.75, 3.05) is 32.7 Å². The quantitative estimate of drug-likeness (QED) is 0.779. The second kappa shape index (κ2) is 6.68. The molecule has 1 spiro atoms. The van der Waals surface area contributed by atoms with E-state index < -0.39 is 5.54 Å². The Balaban J connectivity index is 1.54. The van der Waals surface area contributed by atoms with Crippen molar-refractivity contribution in [3.63, 3.8) is 0 Å². The molecule has 0 radical (unpaired) electrons. The average Bonchev–Trinajstić information content (AvgIpc) is 2.80. The number of hydrogen-bond donors (Lipinski definition) is 2. The molecule has 23 heavy (non-hydrogen) atoms. The predicted octanol–water partition coefficient (Wildman–Crippen LogP) is 0.574. The number of nitrogens with one attached hydrogen (secondary N) is 1. The molecule has 2 heterocycles. The second-order valence-corrected chi connectivity index (χ2v) is 6.33. The summed E-state index contributed by atoms with van der Waals surface area (Å²) in [4.78, 5) is 28.1. The fourth-order valence-electron chi connectivity index (χ4n) is 3.44. The van der Waals surface area contributed by atoms with Gasteiger partial charge in [-0.3, -0.25) is 9.69 Å². The molecule has 6 nitrogen and oxygen atoms in total. The maximum atomic E-state index is 12.5. The molecule has 2 fully saturated rings. The molecule has 0 atom stereocenters. The number of urea groups is 1. The maximum absolute atomic E-state index is 12.5. The lowest BCUT2D eigenvalue weighted by Gasteiger charge is -2.37. The minimum atomic E-state index is -0.699. The summed E-state index contributed by atoms with van der Waals surface area (Å²) in [5.74, 6) is -0.101. The number of nitrogens with two attached hydrogens (primary N) is 1. The number of hydrogen-bond acceptors (Lipinski definition) is 4. The summed E-state index contributed by atoms with van der Waals surface area (Å²) in [6, 6.07) is 10.1. The highest BCUT2D eigenvalue weighted by Crippen LogP contribution is 2.29. The molecule has 2 aliphatic heterocycles. The Morgan fingerprint density at radius 2 is 1.78 bits per heavy atom. The normalized spacial score (nSPS) is 21.0. The number of likely N-dealkylation sites (tertiary alicyclic amines) is 1. The monoisotopic (exact) mass is 316 g/mol. The van der Waals surface area contributed by atoms with Crippen LogP contribution in [0.15, 0.2) is 30.3 Å². The van der Waals surface area contributed by atoms with Gasteiger partial charge in [-0.15, -0.1) is 0 Å². The van der Waals surface area contributed by atoms with Gasteiger partial charge in [-0.05, 0) is 24.8 Å². The Labute approximate surface area is 136 Å². The summed E-state index contributed by atoms with van der Waals surface area (Å²) >= 11 is 0. The summed E-state index contributed by atoms with van der Waals surface area (Å²) in [6.45, 7) is 3.24. The van der Waals surface area contributed by atoms with Crippen molar-refractivity contribution in [3.8, 4) is 0 Å². The highest BCUT2D eigenvalue weighted by Gasteiger charge is 2.51. The topological polar surface area (TPSA) is 78.7 Å². The molecule has 2 saturated heterocycles. The number of nitrogens with zero attached hydrogens (tertiary/aromatic N) is 2. The molecule has 0 aromatic heterocycles. The molecule has 6 heteroatoms. The highest BCUT2D eigenvalue weighted by atomic mass is 16.2. The maximum Gasteiger partial charge on any atom is 0.325 e. The molecule has 1 aromatic carbocycles. The largest absolute Gasteiger partial charge is 0.329 e. The van der Waals surface area contributed by atoms with Crippen LogP contribution in [0.25, 0.3) is 0 Å². The second-order valence-electron chi connectivity index (χ2n) is 6.33. The highest BCUT2D eigenvalue weighted by molar-refractivity contribution is 6.07. The van der Waals surface area contributed by atoms with Gasteiger partial charge in [0.05, 0.1) is 0 Å². The first kappa shape index (κ1) is 16.0. The first-order chi connectivity index (χ1) is 11.1. The number of benzene rings is 1. The Morgan fingerprint density at radius 1 is 1.09 bits per heavy atom. The van der Waals surface area contributed by atoms with Crippen LogP contribution in [-0.4, -0.2) is 60.0 Å². The molecule has 3 amide bonds. The van der Waals surface area contributed by atoms with E-state index in [4.69, 9.17) is 5.73 Å². The third-order valence-electron chi connectivity index (χ3n) is 4.87. The number of carbonyl (C=O) groups is 2. The molecule has 124 valence electrons. The number of rotatable bonds is 5. The number of piperidine rings is 1. The summed E-state index contributed by atoms with van der Waals surface area (Å²) < 4.78 is 0. The standard InChI is InChI=1S/C17H24N4O2/c18-9-13-21-15(22)17(19-16(21)23)7-11-20(12-8-17)10-6-14-4-2-1-3-5-14/h1-5H,6-13,18H2,(H,19,23). The summed E-state index contributed by atoms with van der Waals surface area (Å²) in [5.41, 5.74) is 6.11. The summed E-state index contributed by atoms with van der Waals surface area (Å²) in [6.07, 6.45) is 2.36. The Bertz CT molecular complexity index is 567. The minimum Gasteiger partial charge on any atom is -0.329 e. The van der Waals surface area contributed by atoms with E-state index in [1.165, 1.54) is 10.5 Å². The van der Waals surface area contributed by atoms with Gasteiger partial charge < -0.3 is 16.0 Å². The molecular weight excluding hydrogens is 292 g/mol. The zero-order valence-corrected chi connectivity index (χ0v) is 13.3. The first-order valence-corrected chi connectivity index (χ1v) is 8.25. The van der Waals surface area contributed by atoms with Crippen LogP contribution in [0, 0.1) is 0 Å². The molecule has 3 rings (SSSR count). The Morgan fingerprint density at radius 3 is 2.43 bits per heavy atom. The van der Waals surface area contributed by atoms with Crippen LogP contribution in [0.1, 0.15) is 18.4 Å². The lowest BCUT2D eigenvalue weighted by Crippen LogP contribution is -2.55. The number of imide groups is 1. The van der Waals surface area contributed by atoms with Crippen molar-refractivity contribution >= 4 is 11.9 Å². The summed E-state index contributed by atoms with van der Waals surface area (Å²) in [7, 11) is 0. The van der Waals surface area contributed by atoms with Crippen LogP contribution in [0.3, 0.4) is 0 Å². The summed E-state index contributed by atoms with van der Waals surface area (Å²) in [5, 5.41) is 2.90. The molecule has 0 bridgehead atoms.